The molecule has 0 saturated heterocycles. The summed E-state index contributed by atoms with van der Waals surface area (Å²) in [6, 6.07) is 4.01. The predicted octanol–water partition coefficient (Wildman–Crippen LogP) is 3.27. The van der Waals surface area contributed by atoms with Crippen LogP contribution in [-0.2, 0) is 17.9 Å². The molecule has 0 aliphatic carbocycles. The Morgan fingerprint density at radius 3 is 2.89 bits per heavy atom. The fraction of sp³-hybridized carbons (Fsp3) is 0.667. The highest BCUT2D eigenvalue weighted by Crippen LogP contribution is 2.14. The lowest BCUT2D eigenvalue weighted by molar-refractivity contribution is 0.0819. The molecule has 1 aromatic rings. The van der Waals surface area contributed by atoms with Crippen molar-refractivity contribution in [3.05, 3.63) is 29.6 Å². The number of ether oxygens (including phenoxy) is 1. The third-order valence-corrected chi connectivity index (χ3v) is 3.26. The average molecular weight is 250 g/mol. The summed E-state index contributed by atoms with van der Waals surface area (Å²) in [5.41, 5.74) is 7.66. The SMILES string of the molecule is CCCCC(CC)COCc1ccnc(CN)c1. The highest BCUT2D eigenvalue weighted by molar-refractivity contribution is 5.15. The van der Waals surface area contributed by atoms with Gasteiger partial charge in [-0.05, 0) is 30.0 Å². The van der Waals surface area contributed by atoms with Crippen LogP contribution in [-0.4, -0.2) is 11.6 Å². The molecule has 1 aromatic heterocycles. The van der Waals surface area contributed by atoms with Gasteiger partial charge in [-0.3, -0.25) is 4.98 Å². The molecular weight excluding hydrogens is 224 g/mol. The van der Waals surface area contributed by atoms with Crippen molar-refractivity contribution in [3.63, 3.8) is 0 Å². The Labute approximate surface area is 111 Å². The molecule has 18 heavy (non-hydrogen) atoms. The monoisotopic (exact) mass is 250 g/mol. The van der Waals surface area contributed by atoms with Gasteiger partial charge in [0.25, 0.3) is 0 Å². The van der Waals surface area contributed by atoms with Crippen molar-refractivity contribution in [2.45, 2.75) is 52.7 Å². The number of aromatic nitrogens is 1. The standard InChI is InChI=1S/C15H26N2O/c1-3-5-6-13(4-2)11-18-12-14-7-8-17-15(9-14)10-16/h7-9,13H,3-6,10-12,16H2,1-2H3. The van der Waals surface area contributed by atoms with Crippen LogP contribution in [0.3, 0.4) is 0 Å². The minimum absolute atomic E-state index is 0.488. The maximum Gasteiger partial charge on any atom is 0.0718 e. The molecule has 0 aromatic carbocycles. The van der Waals surface area contributed by atoms with E-state index < -0.39 is 0 Å². The predicted molar refractivity (Wildman–Crippen MR) is 75.1 cm³/mol. The zero-order chi connectivity index (χ0) is 13.2. The fourth-order valence-corrected chi connectivity index (χ4v) is 1.97. The van der Waals surface area contributed by atoms with Gasteiger partial charge in [-0.15, -0.1) is 0 Å². The topological polar surface area (TPSA) is 48.1 Å². The molecule has 0 bridgehead atoms. The molecule has 1 rings (SSSR count). The number of nitrogens with two attached hydrogens (primary N) is 1. The van der Waals surface area contributed by atoms with Crippen LogP contribution < -0.4 is 5.73 Å². The summed E-state index contributed by atoms with van der Waals surface area (Å²) in [4.78, 5) is 4.18. The molecule has 3 heteroatoms. The van der Waals surface area contributed by atoms with Gasteiger partial charge in [0.1, 0.15) is 0 Å². The lowest BCUT2D eigenvalue weighted by Gasteiger charge is -2.14. The first-order valence-electron chi connectivity index (χ1n) is 7.01. The van der Waals surface area contributed by atoms with Crippen LogP contribution in [0.5, 0.6) is 0 Å². The van der Waals surface area contributed by atoms with E-state index in [9.17, 15) is 0 Å². The van der Waals surface area contributed by atoms with Crippen LogP contribution in [0.1, 0.15) is 50.8 Å². The molecule has 102 valence electrons. The number of pyridine rings is 1. The Hall–Kier alpha value is -0.930. The first-order chi connectivity index (χ1) is 8.80. The van der Waals surface area contributed by atoms with Gasteiger partial charge >= 0.3 is 0 Å². The normalized spacial score (nSPS) is 12.6. The summed E-state index contributed by atoms with van der Waals surface area (Å²) in [7, 11) is 0. The molecule has 1 atom stereocenters. The largest absolute Gasteiger partial charge is 0.376 e. The molecule has 1 heterocycles. The van der Waals surface area contributed by atoms with E-state index in [0.29, 0.717) is 19.1 Å². The second-order valence-corrected chi connectivity index (χ2v) is 4.79. The Balaban J connectivity index is 2.30. The first-order valence-corrected chi connectivity index (χ1v) is 7.01. The van der Waals surface area contributed by atoms with Crippen LogP contribution in [0.15, 0.2) is 18.3 Å². The molecule has 0 aliphatic heterocycles. The zero-order valence-corrected chi connectivity index (χ0v) is 11.7. The Bertz CT molecular complexity index is 328. The molecule has 0 saturated carbocycles. The van der Waals surface area contributed by atoms with E-state index in [1.165, 1.54) is 25.7 Å². The van der Waals surface area contributed by atoms with Gasteiger partial charge in [0.15, 0.2) is 0 Å². The van der Waals surface area contributed by atoms with Crippen LogP contribution in [0.4, 0.5) is 0 Å². The van der Waals surface area contributed by atoms with E-state index >= 15 is 0 Å². The third kappa shape index (κ3) is 5.61. The lowest BCUT2D eigenvalue weighted by atomic mass is 10.0. The van der Waals surface area contributed by atoms with Gasteiger partial charge in [0, 0.05) is 19.3 Å². The molecule has 2 N–H and O–H groups in total. The van der Waals surface area contributed by atoms with Gasteiger partial charge in [-0.2, -0.15) is 0 Å². The Kier molecular flexibility index (Phi) is 7.62. The minimum atomic E-state index is 0.488. The number of unbranched alkanes of at least 4 members (excludes halogenated alkanes) is 1. The third-order valence-electron chi connectivity index (χ3n) is 3.26. The van der Waals surface area contributed by atoms with Gasteiger partial charge in [0.05, 0.1) is 12.3 Å². The molecule has 1 unspecified atom stereocenters. The average Bonchev–Trinajstić information content (AvgIpc) is 2.43. The molecule has 0 spiro atoms. The summed E-state index contributed by atoms with van der Waals surface area (Å²) in [5, 5.41) is 0. The van der Waals surface area contributed by atoms with E-state index in [-0.39, 0.29) is 0 Å². The zero-order valence-electron chi connectivity index (χ0n) is 11.7. The van der Waals surface area contributed by atoms with Crippen LogP contribution in [0, 0.1) is 5.92 Å². The Morgan fingerprint density at radius 1 is 1.39 bits per heavy atom. The van der Waals surface area contributed by atoms with Gasteiger partial charge in [0.2, 0.25) is 0 Å². The van der Waals surface area contributed by atoms with Gasteiger partial charge in [-0.25, -0.2) is 0 Å². The minimum Gasteiger partial charge on any atom is -0.376 e. The number of hydrogen-bond donors (Lipinski definition) is 1. The van der Waals surface area contributed by atoms with Crippen LogP contribution >= 0.6 is 0 Å². The van der Waals surface area contributed by atoms with E-state index in [2.05, 4.69) is 18.8 Å². The molecule has 3 nitrogen and oxygen atoms in total. The second kappa shape index (κ2) is 9.06. The van der Waals surface area contributed by atoms with Crippen molar-refractivity contribution < 1.29 is 4.74 Å². The first kappa shape index (κ1) is 15.1. The fourth-order valence-electron chi connectivity index (χ4n) is 1.97. The van der Waals surface area contributed by atoms with Gasteiger partial charge in [-0.1, -0.05) is 33.1 Å². The highest BCUT2D eigenvalue weighted by atomic mass is 16.5. The molecule has 0 radical (unpaired) electrons. The smallest absolute Gasteiger partial charge is 0.0718 e. The van der Waals surface area contributed by atoms with Crippen molar-refractivity contribution in [1.82, 2.24) is 4.98 Å². The maximum absolute atomic E-state index is 5.80. The summed E-state index contributed by atoms with van der Waals surface area (Å²) < 4.78 is 5.80. The van der Waals surface area contributed by atoms with Crippen molar-refractivity contribution >= 4 is 0 Å². The summed E-state index contributed by atoms with van der Waals surface area (Å²) >= 11 is 0. The quantitative estimate of drug-likeness (QED) is 0.731. The molecule has 0 amide bonds. The number of rotatable bonds is 9. The van der Waals surface area contributed by atoms with Crippen molar-refractivity contribution in [1.29, 1.82) is 0 Å². The van der Waals surface area contributed by atoms with Gasteiger partial charge < -0.3 is 10.5 Å². The highest BCUT2D eigenvalue weighted by Gasteiger charge is 2.06. The van der Waals surface area contributed by atoms with Crippen LogP contribution in [0.25, 0.3) is 0 Å². The molecular formula is C15H26N2O. The summed E-state index contributed by atoms with van der Waals surface area (Å²) in [6.07, 6.45) is 6.84. The summed E-state index contributed by atoms with van der Waals surface area (Å²) in [6.45, 7) is 6.48. The molecule has 0 aliphatic rings. The van der Waals surface area contributed by atoms with Crippen LogP contribution in [0.2, 0.25) is 0 Å². The van der Waals surface area contributed by atoms with E-state index in [1.807, 2.05) is 12.1 Å². The van der Waals surface area contributed by atoms with Crippen molar-refractivity contribution in [2.24, 2.45) is 11.7 Å². The summed E-state index contributed by atoms with van der Waals surface area (Å²) in [5.74, 6) is 0.695. The number of nitrogens with zero attached hydrogens (tertiary/aromatic N) is 1. The van der Waals surface area contributed by atoms with E-state index in [0.717, 1.165) is 17.9 Å². The lowest BCUT2D eigenvalue weighted by Crippen LogP contribution is -2.09. The van der Waals surface area contributed by atoms with Crippen molar-refractivity contribution in [3.8, 4) is 0 Å². The van der Waals surface area contributed by atoms with E-state index in [4.69, 9.17) is 10.5 Å². The second-order valence-electron chi connectivity index (χ2n) is 4.79. The van der Waals surface area contributed by atoms with Crippen molar-refractivity contribution in [2.75, 3.05) is 6.61 Å². The maximum atomic E-state index is 5.80. The number of hydrogen-bond acceptors (Lipinski definition) is 3. The van der Waals surface area contributed by atoms with E-state index in [1.54, 1.807) is 6.20 Å². The Morgan fingerprint density at radius 2 is 2.22 bits per heavy atom. The molecule has 0 fully saturated rings.